The first-order valence-electron chi connectivity index (χ1n) is 21.0. The Labute approximate surface area is 346 Å². The van der Waals surface area contributed by atoms with Gasteiger partial charge in [0, 0.05) is 49.5 Å². The van der Waals surface area contributed by atoms with Crippen LogP contribution in [0.4, 0.5) is 17.1 Å². The molecule has 0 aliphatic heterocycles. The second-order valence-corrected chi connectivity index (χ2v) is 18.5. The Morgan fingerprint density at radius 2 is 0.847 bits per heavy atom. The van der Waals surface area contributed by atoms with Crippen LogP contribution in [-0.4, -0.2) is 0 Å². The number of hydrogen-bond acceptors (Lipinski definition) is 2. The van der Waals surface area contributed by atoms with Crippen molar-refractivity contribution in [3.8, 4) is 44.5 Å². The second kappa shape index (κ2) is 11.7. The van der Waals surface area contributed by atoms with Crippen LogP contribution in [0.5, 0.6) is 0 Å². The highest BCUT2D eigenvalue weighted by molar-refractivity contribution is 6.11. The Morgan fingerprint density at radius 3 is 1.47 bits per heavy atom. The minimum absolute atomic E-state index is 0.138. The highest BCUT2D eigenvalue weighted by atomic mass is 16.3. The summed E-state index contributed by atoms with van der Waals surface area (Å²) in [6.45, 7) is 14.3. The van der Waals surface area contributed by atoms with Gasteiger partial charge in [0.15, 0.2) is 0 Å². The third kappa shape index (κ3) is 4.52. The molecule has 0 unspecified atom stereocenters. The van der Waals surface area contributed by atoms with Crippen molar-refractivity contribution >= 4 is 39.0 Å². The third-order valence-corrected chi connectivity index (χ3v) is 14.3. The average molecular weight is 760 g/mol. The summed E-state index contributed by atoms with van der Waals surface area (Å²) in [5.41, 5.74) is 23.2. The lowest BCUT2D eigenvalue weighted by Crippen LogP contribution is -2.19. The van der Waals surface area contributed by atoms with Gasteiger partial charge in [0.1, 0.15) is 11.2 Å². The van der Waals surface area contributed by atoms with E-state index in [0.29, 0.717) is 0 Å². The Morgan fingerprint density at radius 1 is 0.373 bits per heavy atom. The molecule has 12 rings (SSSR count). The summed E-state index contributed by atoms with van der Waals surface area (Å²) in [6, 6.07) is 61.1. The van der Waals surface area contributed by atoms with Gasteiger partial charge in [-0.15, -0.1) is 0 Å². The molecule has 0 radical (unpaired) electrons. The number of hydrogen-bond donors (Lipinski definition) is 0. The molecule has 3 aliphatic carbocycles. The maximum absolute atomic E-state index is 6.73. The van der Waals surface area contributed by atoms with Gasteiger partial charge in [0.25, 0.3) is 0 Å². The van der Waals surface area contributed by atoms with E-state index in [1.54, 1.807) is 0 Å². The van der Waals surface area contributed by atoms with E-state index in [1.807, 2.05) is 0 Å². The number of furan rings is 1. The summed E-state index contributed by atoms with van der Waals surface area (Å²) in [5, 5.41) is 2.30. The zero-order valence-electron chi connectivity index (χ0n) is 34.4. The molecule has 9 aromatic rings. The van der Waals surface area contributed by atoms with Gasteiger partial charge in [0.2, 0.25) is 0 Å². The van der Waals surface area contributed by atoms with Crippen molar-refractivity contribution in [3.63, 3.8) is 0 Å². The number of nitrogens with zero attached hydrogens (tertiary/aromatic N) is 1. The Balaban J connectivity index is 1.15. The van der Waals surface area contributed by atoms with Crippen molar-refractivity contribution in [3.05, 3.63) is 197 Å². The summed E-state index contributed by atoms with van der Waals surface area (Å²) in [6.07, 6.45) is 0. The molecule has 284 valence electrons. The van der Waals surface area contributed by atoms with Crippen LogP contribution < -0.4 is 4.90 Å². The molecule has 0 atom stereocenters. The SMILES string of the molecule is CC1(C)c2ccccc2-c2ccc(N(c3ccc4c(c3)C(C)(C)c3ccccc3-4)c3ccc(-c4cccc5c4oc4ccccc45)c4c3-c3ccccc3C4(C)C)cc21. The molecule has 59 heavy (non-hydrogen) atoms. The van der Waals surface area contributed by atoms with E-state index >= 15 is 0 Å². The van der Waals surface area contributed by atoms with Crippen LogP contribution in [0.3, 0.4) is 0 Å². The zero-order valence-corrected chi connectivity index (χ0v) is 34.4. The van der Waals surface area contributed by atoms with Gasteiger partial charge < -0.3 is 9.32 Å². The predicted octanol–water partition coefficient (Wildman–Crippen LogP) is 15.6. The van der Waals surface area contributed by atoms with E-state index in [2.05, 4.69) is 210 Å². The van der Waals surface area contributed by atoms with Crippen LogP contribution in [0.15, 0.2) is 168 Å². The number of fused-ring (bicyclic) bond motifs is 12. The molecule has 0 saturated carbocycles. The maximum Gasteiger partial charge on any atom is 0.143 e. The summed E-state index contributed by atoms with van der Waals surface area (Å²) in [5.74, 6) is 0. The lowest BCUT2D eigenvalue weighted by Gasteiger charge is -2.32. The number of rotatable bonds is 4. The smallest absolute Gasteiger partial charge is 0.143 e. The normalized spacial score (nSPS) is 15.7. The fraction of sp³-hybridized carbons (Fsp3) is 0.158. The van der Waals surface area contributed by atoms with Crippen LogP contribution in [0.2, 0.25) is 0 Å². The molecule has 0 N–H and O–H groups in total. The molecular formula is C57H45NO. The topological polar surface area (TPSA) is 16.4 Å². The molecule has 1 aromatic heterocycles. The summed E-state index contributed by atoms with van der Waals surface area (Å²) < 4.78 is 6.73. The molecule has 8 aromatic carbocycles. The number of anilines is 3. The van der Waals surface area contributed by atoms with Crippen molar-refractivity contribution in [1.82, 2.24) is 0 Å². The molecule has 0 fully saturated rings. The van der Waals surface area contributed by atoms with E-state index in [9.17, 15) is 0 Å². The Kier molecular flexibility index (Phi) is 6.84. The van der Waals surface area contributed by atoms with Crippen molar-refractivity contribution in [2.24, 2.45) is 0 Å². The average Bonchev–Trinajstić information content (AvgIpc) is 3.90. The molecule has 2 heteroatoms. The minimum Gasteiger partial charge on any atom is -0.455 e. The lowest BCUT2D eigenvalue weighted by molar-refractivity contribution is 0.659. The lowest BCUT2D eigenvalue weighted by atomic mass is 9.78. The zero-order chi connectivity index (χ0) is 40.0. The fourth-order valence-corrected chi connectivity index (χ4v) is 11.4. The Hall–Kier alpha value is -6.64. The first-order valence-corrected chi connectivity index (χ1v) is 21.0. The third-order valence-electron chi connectivity index (χ3n) is 14.3. The van der Waals surface area contributed by atoms with Gasteiger partial charge in [-0.2, -0.15) is 0 Å². The van der Waals surface area contributed by atoms with E-state index in [-0.39, 0.29) is 16.2 Å². The first kappa shape index (κ1) is 34.4. The van der Waals surface area contributed by atoms with E-state index in [0.717, 1.165) is 38.9 Å². The molecule has 1 heterocycles. The van der Waals surface area contributed by atoms with Crippen LogP contribution in [-0.2, 0) is 16.2 Å². The van der Waals surface area contributed by atoms with E-state index in [1.165, 1.54) is 78.0 Å². The van der Waals surface area contributed by atoms with Crippen LogP contribution >= 0.6 is 0 Å². The first-order chi connectivity index (χ1) is 28.5. The van der Waals surface area contributed by atoms with Crippen LogP contribution in [0.1, 0.15) is 74.9 Å². The monoisotopic (exact) mass is 759 g/mol. The summed E-state index contributed by atoms with van der Waals surface area (Å²) in [4.78, 5) is 2.56. The number of para-hydroxylation sites is 2. The number of benzene rings is 8. The molecule has 3 aliphatic rings. The standard InChI is InChI=1S/C57H45NO/c1-55(2)45-22-11-7-16-36(45)38-28-26-34(32-48(38)55)58(35-27-29-39-37-17-8-12-23-46(37)56(3,4)49(39)33-35)50-31-30-41(53-52(50)44-19-9-13-24-47(44)57(53,5)6)43-21-15-20-42-40-18-10-14-25-51(40)59-54(42)43/h7-33H,1-6H3. The van der Waals surface area contributed by atoms with E-state index in [4.69, 9.17) is 4.42 Å². The van der Waals surface area contributed by atoms with Crippen molar-refractivity contribution in [1.29, 1.82) is 0 Å². The molecule has 0 saturated heterocycles. The van der Waals surface area contributed by atoms with Gasteiger partial charge in [-0.1, -0.05) is 169 Å². The van der Waals surface area contributed by atoms with Gasteiger partial charge in [-0.05, 0) is 103 Å². The predicted molar refractivity (Wildman–Crippen MR) is 247 cm³/mol. The second-order valence-electron chi connectivity index (χ2n) is 18.5. The quantitative estimate of drug-likeness (QED) is 0.178. The maximum atomic E-state index is 6.73. The van der Waals surface area contributed by atoms with Crippen LogP contribution in [0.25, 0.3) is 66.4 Å². The van der Waals surface area contributed by atoms with Crippen molar-refractivity contribution < 1.29 is 4.42 Å². The molecule has 0 spiro atoms. The molecule has 0 amide bonds. The Bertz CT molecular complexity index is 3160. The summed E-state index contributed by atoms with van der Waals surface area (Å²) in [7, 11) is 0. The molecule has 2 nitrogen and oxygen atoms in total. The van der Waals surface area contributed by atoms with Gasteiger partial charge in [-0.3, -0.25) is 0 Å². The van der Waals surface area contributed by atoms with Crippen molar-refractivity contribution in [2.45, 2.75) is 57.8 Å². The van der Waals surface area contributed by atoms with Gasteiger partial charge >= 0.3 is 0 Å². The van der Waals surface area contributed by atoms with Crippen LogP contribution in [0, 0.1) is 0 Å². The molecular weight excluding hydrogens is 715 g/mol. The van der Waals surface area contributed by atoms with E-state index < -0.39 is 0 Å². The minimum atomic E-state index is -0.278. The molecule has 0 bridgehead atoms. The van der Waals surface area contributed by atoms with Gasteiger partial charge in [-0.25, -0.2) is 0 Å². The van der Waals surface area contributed by atoms with Gasteiger partial charge in [0.05, 0.1) is 5.69 Å². The fourth-order valence-electron chi connectivity index (χ4n) is 11.4. The largest absolute Gasteiger partial charge is 0.455 e. The summed E-state index contributed by atoms with van der Waals surface area (Å²) >= 11 is 0. The highest BCUT2D eigenvalue weighted by Crippen LogP contribution is 2.59. The highest BCUT2D eigenvalue weighted by Gasteiger charge is 2.42. The van der Waals surface area contributed by atoms with Crippen molar-refractivity contribution in [2.75, 3.05) is 4.90 Å².